The summed E-state index contributed by atoms with van der Waals surface area (Å²) in [4.78, 5) is 28.7. The highest BCUT2D eigenvalue weighted by molar-refractivity contribution is 6.30. The maximum atomic E-state index is 12.6. The lowest BCUT2D eigenvalue weighted by atomic mass is 10.2. The van der Waals surface area contributed by atoms with Gasteiger partial charge in [-0.05, 0) is 36.8 Å². The molecule has 0 atom stereocenters. The molecule has 0 radical (unpaired) electrons. The lowest BCUT2D eigenvalue weighted by Crippen LogP contribution is -2.37. The summed E-state index contributed by atoms with van der Waals surface area (Å²) in [5, 5.41) is 0.598. The monoisotopic (exact) mass is 361 g/mol. The summed E-state index contributed by atoms with van der Waals surface area (Å²) in [6.07, 6.45) is 2.17. The Morgan fingerprint density at radius 3 is 2.16 bits per heavy atom. The standard InChI is InChI=1S/C18H20ClN3O3/c19-15-4-2-13(3-5-15)17(23)21-6-1-7-22(9-8-21)18(24)14-10-16(11-20)25-12-14/h2-5,10,12H,1,6-9,11,20H2. The van der Waals surface area contributed by atoms with Crippen LogP contribution in [0.1, 0.15) is 32.9 Å². The molecule has 0 bridgehead atoms. The highest BCUT2D eigenvalue weighted by Gasteiger charge is 2.24. The molecule has 2 heterocycles. The van der Waals surface area contributed by atoms with Gasteiger partial charge in [-0.1, -0.05) is 11.6 Å². The van der Waals surface area contributed by atoms with Gasteiger partial charge >= 0.3 is 0 Å². The van der Waals surface area contributed by atoms with Gasteiger partial charge in [0.25, 0.3) is 11.8 Å². The van der Waals surface area contributed by atoms with Crippen LogP contribution < -0.4 is 5.73 Å². The highest BCUT2D eigenvalue weighted by Crippen LogP contribution is 2.15. The molecule has 3 rings (SSSR count). The van der Waals surface area contributed by atoms with E-state index in [1.165, 1.54) is 6.26 Å². The smallest absolute Gasteiger partial charge is 0.257 e. The topological polar surface area (TPSA) is 79.8 Å². The van der Waals surface area contributed by atoms with Crippen molar-refractivity contribution in [2.45, 2.75) is 13.0 Å². The van der Waals surface area contributed by atoms with Gasteiger partial charge in [0.05, 0.1) is 12.1 Å². The minimum absolute atomic E-state index is 0.0419. The molecule has 1 saturated heterocycles. The third kappa shape index (κ3) is 4.03. The van der Waals surface area contributed by atoms with E-state index in [1.807, 2.05) is 0 Å². The first-order valence-electron chi connectivity index (χ1n) is 8.20. The molecule has 1 fully saturated rings. The number of benzene rings is 1. The van der Waals surface area contributed by atoms with Crippen LogP contribution in [0.2, 0.25) is 5.02 Å². The first-order chi connectivity index (χ1) is 12.1. The number of hydrogen-bond donors (Lipinski definition) is 1. The summed E-state index contributed by atoms with van der Waals surface area (Å²) < 4.78 is 5.24. The molecule has 1 aliphatic heterocycles. The molecule has 1 aliphatic rings. The lowest BCUT2D eigenvalue weighted by Gasteiger charge is -2.22. The summed E-state index contributed by atoms with van der Waals surface area (Å²) in [6.45, 7) is 2.46. The number of hydrogen-bond acceptors (Lipinski definition) is 4. The third-order valence-electron chi connectivity index (χ3n) is 4.26. The fourth-order valence-corrected chi connectivity index (χ4v) is 3.01. The van der Waals surface area contributed by atoms with Crippen molar-refractivity contribution >= 4 is 23.4 Å². The molecule has 2 aromatic rings. The number of halogens is 1. The molecule has 7 heteroatoms. The van der Waals surface area contributed by atoms with Gasteiger partial charge < -0.3 is 20.0 Å². The minimum atomic E-state index is -0.0933. The molecule has 0 saturated carbocycles. The molecule has 132 valence electrons. The van der Waals surface area contributed by atoms with Crippen molar-refractivity contribution in [2.75, 3.05) is 26.2 Å². The van der Waals surface area contributed by atoms with E-state index in [-0.39, 0.29) is 18.4 Å². The SMILES string of the molecule is NCc1cc(C(=O)N2CCCN(C(=O)c3ccc(Cl)cc3)CC2)co1. The lowest BCUT2D eigenvalue weighted by molar-refractivity contribution is 0.0718. The predicted octanol–water partition coefficient (Wildman–Crippen LogP) is 2.38. The molecular weight excluding hydrogens is 342 g/mol. The average Bonchev–Trinajstić information content (AvgIpc) is 2.98. The van der Waals surface area contributed by atoms with E-state index in [0.29, 0.717) is 48.1 Å². The quantitative estimate of drug-likeness (QED) is 0.910. The largest absolute Gasteiger partial charge is 0.467 e. The van der Waals surface area contributed by atoms with Gasteiger partial charge in [0.15, 0.2) is 0 Å². The van der Waals surface area contributed by atoms with Crippen LogP contribution in [0, 0.1) is 0 Å². The average molecular weight is 362 g/mol. The van der Waals surface area contributed by atoms with Crippen LogP contribution in [0.3, 0.4) is 0 Å². The van der Waals surface area contributed by atoms with E-state index in [1.54, 1.807) is 40.1 Å². The Kier molecular flexibility index (Phi) is 5.40. The predicted molar refractivity (Wildman–Crippen MR) is 94.5 cm³/mol. The maximum absolute atomic E-state index is 12.6. The molecule has 2 N–H and O–H groups in total. The van der Waals surface area contributed by atoms with Crippen LogP contribution in [0.4, 0.5) is 0 Å². The summed E-state index contributed by atoms with van der Waals surface area (Å²) in [6, 6.07) is 8.52. The van der Waals surface area contributed by atoms with Gasteiger partial charge in [0, 0.05) is 36.8 Å². The number of carbonyl (C=O) groups is 2. The Balaban J connectivity index is 1.64. The summed E-state index contributed by atoms with van der Waals surface area (Å²) >= 11 is 5.87. The second-order valence-electron chi connectivity index (χ2n) is 5.95. The zero-order valence-electron chi connectivity index (χ0n) is 13.8. The van der Waals surface area contributed by atoms with Crippen LogP contribution in [0.15, 0.2) is 41.0 Å². The molecule has 1 aromatic carbocycles. The second kappa shape index (κ2) is 7.72. The van der Waals surface area contributed by atoms with Crippen molar-refractivity contribution < 1.29 is 14.0 Å². The van der Waals surface area contributed by atoms with Crippen LogP contribution in [-0.2, 0) is 6.54 Å². The van der Waals surface area contributed by atoms with Gasteiger partial charge in [0.1, 0.15) is 12.0 Å². The molecule has 1 aromatic heterocycles. The number of carbonyl (C=O) groups excluding carboxylic acids is 2. The van der Waals surface area contributed by atoms with Gasteiger partial charge in [-0.2, -0.15) is 0 Å². The minimum Gasteiger partial charge on any atom is -0.467 e. The highest BCUT2D eigenvalue weighted by atomic mass is 35.5. The summed E-state index contributed by atoms with van der Waals surface area (Å²) in [5.74, 6) is 0.446. The van der Waals surface area contributed by atoms with Crippen molar-refractivity contribution in [1.29, 1.82) is 0 Å². The van der Waals surface area contributed by atoms with E-state index >= 15 is 0 Å². The Morgan fingerprint density at radius 1 is 1.00 bits per heavy atom. The maximum Gasteiger partial charge on any atom is 0.257 e. The normalized spacial score (nSPS) is 15.1. The molecular formula is C18H20ClN3O3. The third-order valence-corrected chi connectivity index (χ3v) is 4.52. The number of amides is 2. The zero-order valence-corrected chi connectivity index (χ0v) is 14.5. The number of nitrogens with zero attached hydrogens (tertiary/aromatic N) is 2. The van der Waals surface area contributed by atoms with Gasteiger partial charge in [-0.3, -0.25) is 9.59 Å². The zero-order chi connectivity index (χ0) is 17.8. The molecule has 25 heavy (non-hydrogen) atoms. The van der Waals surface area contributed by atoms with Gasteiger partial charge in [0.2, 0.25) is 0 Å². The Morgan fingerprint density at radius 2 is 1.60 bits per heavy atom. The number of furan rings is 1. The first-order valence-corrected chi connectivity index (χ1v) is 8.58. The van der Waals surface area contributed by atoms with E-state index in [4.69, 9.17) is 21.8 Å². The fourth-order valence-electron chi connectivity index (χ4n) is 2.88. The summed E-state index contributed by atoms with van der Waals surface area (Å²) in [5.41, 5.74) is 6.61. The Bertz CT molecular complexity index is 757. The van der Waals surface area contributed by atoms with E-state index in [9.17, 15) is 9.59 Å². The van der Waals surface area contributed by atoms with Gasteiger partial charge in [-0.15, -0.1) is 0 Å². The number of nitrogens with two attached hydrogens (primary N) is 1. The van der Waals surface area contributed by atoms with Crippen LogP contribution >= 0.6 is 11.6 Å². The Labute approximate surface area is 151 Å². The van der Waals surface area contributed by atoms with Crippen molar-refractivity contribution in [3.8, 4) is 0 Å². The summed E-state index contributed by atoms with van der Waals surface area (Å²) in [7, 11) is 0. The van der Waals surface area contributed by atoms with E-state index in [2.05, 4.69) is 0 Å². The Hall–Kier alpha value is -2.31. The van der Waals surface area contributed by atoms with Crippen molar-refractivity contribution in [3.05, 3.63) is 58.5 Å². The van der Waals surface area contributed by atoms with Crippen LogP contribution in [0.25, 0.3) is 0 Å². The van der Waals surface area contributed by atoms with Crippen LogP contribution in [-0.4, -0.2) is 47.8 Å². The van der Waals surface area contributed by atoms with Crippen molar-refractivity contribution in [1.82, 2.24) is 9.80 Å². The van der Waals surface area contributed by atoms with E-state index in [0.717, 1.165) is 6.42 Å². The number of rotatable bonds is 3. The van der Waals surface area contributed by atoms with Crippen LogP contribution in [0.5, 0.6) is 0 Å². The molecule has 0 unspecified atom stereocenters. The van der Waals surface area contributed by atoms with Crippen molar-refractivity contribution in [2.24, 2.45) is 5.73 Å². The second-order valence-corrected chi connectivity index (χ2v) is 6.39. The molecule has 0 spiro atoms. The fraction of sp³-hybridized carbons (Fsp3) is 0.333. The molecule has 2 amide bonds. The van der Waals surface area contributed by atoms with Gasteiger partial charge in [-0.25, -0.2) is 0 Å². The molecule has 0 aliphatic carbocycles. The van der Waals surface area contributed by atoms with E-state index < -0.39 is 0 Å². The first kappa shape index (κ1) is 17.5. The van der Waals surface area contributed by atoms with Crippen molar-refractivity contribution in [3.63, 3.8) is 0 Å². The molecule has 6 nitrogen and oxygen atoms in total.